The normalized spacial score (nSPS) is 13.0. The second-order valence-electron chi connectivity index (χ2n) is 18.5. The van der Waals surface area contributed by atoms with Crippen molar-refractivity contribution < 1.29 is 17.6 Å². The summed E-state index contributed by atoms with van der Waals surface area (Å²) in [4.78, 5) is 4.52. The molecule has 322 valence electrons. The number of hydrogen-bond acceptors (Lipinski definition) is 4. The molecule has 1 aliphatic rings. The van der Waals surface area contributed by atoms with Crippen molar-refractivity contribution >= 4 is 99.5 Å². The molecular formula is C61H42F2N2O2. The summed E-state index contributed by atoms with van der Waals surface area (Å²) in [7, 11) is 0. The average Bonchev–Trinajstić information content (AvgIpc) is 4.00. The van der Waals surface area contributed by atoms with Crippen molar-refractivity contribution in [3.05, 3.63) is 216 Å². The van der Waals surface area contributed by atoms with E-state index >= 15 is 8.78 Å². The lowest BCUT2D eigenvalue weighted by atomic mass is 9.81. The zero-order valence-electron chi connectivity index (χ0n) is 37.3. The van der Waals surface area contributed by atoms with Crippen LogP contribution in [0.1, 0.15) is 36.1 Å². The van der Waals surface area contributed by atoms with Crippen LogP contribution in [0.15, 0.2) is 191 Å². The molecule has 0 amide bonds. The van der Waals surface area contributed by atoms with Crippen molar-refractivity contribution in [1.29, 1.82) is 0 Å². The van der Waals surface area contributed by atoms with Gasteiger partial charge in [0.25, 0.3) is 0 Å². The maximum atomic E-state index is 16.8. The zero-order valence-corrected chi connectivity index (χ0v) is 37.3. The topological polar surface area (TPSA) is 32.8 Å². The van der Waals surface area contributed by atoms with E-state index in [9.17, 15) is 0 Å². The summed E-state index contributed by atoms with van der Waals surface area (Å²) in [5.74, 6) is -0.833. The molecule has 1 aliphatic carbocycles. The number of anilines is 6. The second-order valence-corrected chi connectivity index (χ2v) is 18.5. The molecule has 0 fully saturated rings. The SMILES string of the molecule is Cc1ccc(N(c2ccc3ccccc3c2)c2cc3c(c4oc5c(F)cccc5c24)-c2c(cc(N(c4ccc(C)cc4)c4cccc5ccccc45)c4c2oc2cccc(F)c24)C3(C)C)cc1. The maximum Gasteiger partial charge on any atom is 0.171 e. The van der Waals surface area contributed by atoms with Crippen LogP contribution < -0.4 is 9.80 Å². The molecule has 0 atom stereocenters. The molecular weight excluding hydrogens is 831 g/mol. The average molecular weight is 873 g/mol. The Morgan fingerprint density at radius 1 is 0.403 bits per heavy atom. The highest BCUT2D eigenvalue weighted by Crippen LogP contribution is 2.61. The molecule has 2 aromatic heterocycles. The van der Waals surface area contributed by atoms with Crippen molar-refractivity contribution in [2.24, 2.45) is 0 Å². The number of para-hydroxylation sites is 1. The van der Waals surface area contributed by atoms with Crippen LogP contribution in [0, 0.1) is 25.5 Å². The van der Waals surface area contributed by atoms with Gasteiger partial charge in [-0.3, -0.25) is 0 Å². The molecule has 67 heavy (non-hydrogen) atoms. The van der Waals surface area contributed by atoms with Crippen LogP contribution in [0.3, 0.4) is 0 Å². The van der Waals surface area contributed by atoms with Crippen molar-refractivity contribution in [1.82, 2.24) is 0 Å². The van der Waals surface area contributed by atoms with Gasteiger partial charge in [-0.1, -0.05) is 134 Å². The molecule has 0 N–H and O–H groups in total. The first kappa shape index (κ1) is 39.2. The Balaban J connectivity index is 1.17. The van der Waals surface area contributed by atoms with E-state index in [1.165, 1.54) is 12.1 Å². The lowest BCUT2D eigenvalue weighted by Crippen LogP contribution is -2.18. The minimum Gasteiger partial charge on any atom is -0.455 e. The molecule has 12 aromatic rings. The molecule has 6 heteroatoms. The van der Waals surface area contributed by atoms with Crippen molar-refractivity contribution in [3.8, 4) is 11.1 Å². The van der Waals surface area contributed by atoms with Gasteiger partial charge in [-0.05, 0) is 114 Å². The standard InChI is InChI=1S/C61H42F2N2O2/c1-35-22-27-40(28-23-35)64(42-31-26-37-12-5-6-14-39(37)32-42)50-33-45-54(59-53(50)44-17-10-19-48(63)58(44)67-59)55-46(61(45,3)4)34-51(57-56-47(62)18-11-21-52(56)66-60(55)57)65(41-29-24-36(2)25-30-41)49-20-9-15-38-13-7-8-16-43(38)49/h5-34H,1-4H3. The predicted molar refractivity (Wildman–Crippen MR) is 272 cm³/mol. The minimum absolute atomic E-state index is 0.172. The third kappa shape index (κ3) is 5.75. The quantitative estimate of drug-likeness (QED) is 0.167. The summed E-state index contributed by atoms with van der Waals surface area (Å²) in [6.45, 7) is 8.63. The largest absolute Gasteiger partial charge is 0.455 e. The number of halogens is 2. The van der Waals surface area contributed by atoms with Gasteiger partial charge in [0, 0.05) is 44.4 Å². The fourth-order valence-electron chi connectivity index (χ4n) is 10.8. The van der Waals surface area contributed by atoms with Gasteiger partial charge >= 0.3 is 0 Å². The van der Waals surface area contributed by atoms with Crippen LogP contribution in [0.25, 0.3) is 76.5 Å². The molecule has 0 spiro atoms. The van der Waals surface area contributed by atoms with E-state index in [4.69, 9.17) is 8.83 Å². The third-order valence-electron chi connectivity index (χ3n) is 14.1. The maximum absolute atomic E-state index is 16.8. The molecule has 4 nitrogen and oxygen atoms in total. The number of furan rings is 2. The Kier molecular flexibility index (Phi) is 8.41. The number of hydrogen-bond donors (Lipinski definition) is 0. The Morgan fingerprint density at radius 2 is 0.955 bits per heavy atom. The van der Waals surface area contributed by atoms with E-state index in [0.717, 1.165) is 94.4 Å². The van der Waals surface area contributed by atoms with Gasteiger partial charge in [-0.25, -0.2) is 8.78 Å². The van der Waals surface area contributed by atoms with Crippen LogP contribution in [-0.2, 0) is 5.41 Å². The van der Waals surface area contributed by atoms with Gasteiger partial charge in [0.1, 0.15) is 22.6 Å². The van der Waals surface area contributed by atoms with Crippen LogP contribution in [0.4, 0.5) is 42.9 Å². The second kappa shape index (κ2) is 14.4. The van der Waals surface area contributed by atoms with Crippen molar-refractivity contribution in [2.75, 3.05) is 9.80 Å². The van der Waals surface area contributed by atoms with Crippen LogP contribution >= 0.6 is 0 Å². The first-order valence-electron chi connectivity index (χ1n) is 22.7. The lowest BCUT2D eigenvalue weighted by Gasteiger charge is -2.30. The highest BCUT2D eigenvalue weighted by atomic mass is 19.1. The van der Waals surface area contributed by atoms with E-state index in [0.29, 0.717) is 32.9 Å². The fraction of sp³-hybridized carbons (Fsp3) is 0.0820. The summed E-state index contributed by atoms with van der Waals surface area (Å²) in [5.41, 5.74) is 12.2. The van der Waals surface area contributed by atoms with Gasteiger partial charge in [-0.15, -0.1) is 0 Å². The summed E-state index contributed by atoms with van der Waals surface area (Å²) >= 11 is 0. The molecule has 2 heterocycles. The van der Waals surface area contributed by atoms with Gasteiger partial charge in [0.15, 0.2) is 11.4 Å². The van der Waals surface area contributed by atoms with Gasteiger partial charge in [-0.2, -0.15) is 0 Å². The van der Waals surface area contributed by atoms with Crippen LogP contribution in [0.5, 0.6) is 0 Å². The summed E-state index contributed by atoms with van der Waals surface area (Å²) in [6.07, 6.45) is 0. The lowest BCUT2D eigenvalue weighted by molar-refractivity contribution is 0.584. The molecule has 13 rings (SSSR count). The van der Waals surface area contributed by atoms with Crippen molar-refractivity contribution in [2.45, 2.75) is 33.1 Å². The number of nitrogens with zero attached hydrogens (tertiary/aromatic N) is 2. The minimum atomic E-state index is -0.675. The Bertz CT molecular complexity index is 4010. The molecule has 0 radical (unpaired) electrons. The number of benzene rings is 10. The first-order chi connectivity index (χ1) is 32.6. The zero-order chi connectivity index (χ0) is 45.3. The first-order valence-corrected chi connectivity index (χ1v) is 22.7. The molecule has 0 aliphatic heterocycles. The summed E-state index contributed by atoms with van der Waals surface area (Å²) < 4.78 is 47.0. The molecule has 10 aromatic carbocycles. The van der Waals surface area contributed by atoms with E-state index in [1.54, 1.807) is 12.1 Å². The highest BCUT2D eigenvalue weighted by Gasteiger charge is 2.43. The molecule has 0 saturated carbocycles. The Labute approximate surface area is 385 Å². The molecule has 0 unspecified atom stereocenters. The van der Waals surface area contributed by atoms with Crippen molar-refractivity contribution in [3.63, 3.8) is 0 Å². The van der Waals surface area contributed by atoms with Crippen LogP contribution in [0.2, 0.25) is 0 Å². The summed E-state index contributed by atoms with van der Waals surface area (Å²) in [6, 6.07) is 61.2. The summed E-state index contributed by atoms with van der Waals surface area (Å²) in [5, 5.41) is 6.82. The van der Waals surface area contributed by atoms with Gasteiger partial charge < -0.3 is 18.6 Å². The van der Waals surface area contributed by atoms with E-state index in [1.807, 2.05) is 18.2 Å². The third-order valence-corrected chi connectivity index (χ3v) is 14.1. The highest BCUT2D eigenvalue weighted by molar-refractivity contribution is 6.25. The predicted octanol–water partition coefficient (Wildman–Crippen LogP) is 17.9. The smallest absolute Gasteiger partial charge is 0.171 e. The molecule has 0 saturated heterocycles. The van der Waals surface area contributed by atoms with Gasteiger partial charge in [0.2, 0.25) is 0 Å². The Hall–Kier alpha value is -8.22. The van der Waals surface area contributed by atoms with Crippen LogP contribution in [-0.4, -0.2) is 0 Å². The van der Waals surface area contributed by atoms with E-state index < -0.39 is 11.2 Å². The van der Waals surface area contributed by atoms with E-state index in [-0.39, 0.29) is 11.4 Å². The fourth-order valence-corrected chi connectivity index (χ4v) is 10.8. The van der Waals surface area contributed by atoms with Gasteiger partial charge in [0.05, 0.1) is 33.2 Å². The monoisotopic (exact) mass is 872 g/mol. The Morgan fingerprint density at radius 3 is 1.69 bits per heavy atom. The number of aryl methyl sites for hydroxylation is 2. The van der Waals surface area contributed by atoms with E-state index in [2.05, 4.69) is 177 Å². The number of rotatable bonds is 6. The molecule has 0 bridgehead atoms. The number of fused-ring (bicyclic) bond motifs is 13.